The molecule has 2 aliphatic rings. The van der Waals surface area contributed by atoms with E-state index in [0.29, 0.717) is 0 Å². The fourth-order valence-corrected chi connectivity index (χ4v) is 3.92. The molecule has 5 heteroatoms. The Morgan fingerprint density at radius 2 is 1.52 bits per heavy atom. The first kappa shape index (κ1) is 16.7. The largest absolute Gasteiger partial charge is 0.314 e. The summed E-state index contributed by atoms with van der Waals surface area (Å²) in [6.45, 7) is 9.77. The number of benzene rings is 1. The molecule has 0 aliphatic carbocycles. The molecular formula is C20H29N5. The van der Waals surface area contributed by atoms with Crippen LogP contribution in [0.15, 0.2) is 24.3 Å². The normalized spacial score (nSPS) is 19.6. The van der Waals surface area contributed by atoms with Gasteiger partial charge in [-0.15, -0.1) is 10.2 Å². The van der Waals surface area contributed by atoms with Gasteiger partial charge in [0.05, 0.1) is 6.54 Å². The monoisotopic (exact) mass is 339 g/mol. The molecule has 1 saturated heterocycles. The number of hydrogen-bond donors (Lipinski definition) is 0. The molecule has 4 rings (SSSR count). The van der Waals surface area contributed by atoms with Crippen molar-refractivity contribution in [3.63, 3.8) is 0 Å². The molecule has 1 aromatic carbocycles. The third kappa shape index (κ3) is 4.10. The number of fused-ring (bicyclic) bond motifs is 1. The number of aryl methyl sites for hydroxylation is 2. The van der Waals surface area contributed by atoms with Crippen molar-refractivity contribution >= 4 is 0 Å². The smallest absolute Gasteiger partial charge is 0.147 e. The van der Waals surface area contributed by atoms with Crippen LogP contribution >= 0.6 is 0 Å². The van der Waals surface area contributed by atoms with Crippen LogP contribution in [0.5, 0.6) is 0 Å². The van der Waals surface area contributed by atoms with Gasteiger partial charge < -0.3 is 4.57 Å². The zero-order valence-electron chi connectivity index (χ0n) is 15.3. The first-order chi connectivity index (χ1) is 12.3. The molecule has 0 spiro atoms. The van der Waals surface area contributed by atoms with E-state index < -0.39 is 0 Å². The molecule has 0 N–H and O–H groups in total. The third-order valence-corrected chi connectivity index (χ3v) is 5.54. The first-order valence-electron chi connectivity index (χ1n) is 9.69. The van der Waals surface area contributed by atoms with Crippen molar-refractivity contribution in [1.82, 2.24) is 24.6 Å². The maximum Gasteiger partial charge on any atom is 0.147 e. The van der Waals surface area contributed by atoms with Gasteiger partial charge in [-0.1, -0.05) is 36.2 Å². The van der Waals surface area contributed by atoms with E-state index in [4.69, 9.17) is 0 Å². The molecule has 134 valence electrons. The van der Waals surface area contributed by atoms with Gasteiger partial charge in [0.2, 0.25) is 0 Å². The standard InChI is InChI=1S/C20H29N5/c1-17-6-8-18(9-7-17)15-23-11-13-24(14-12-23)16-20-22-21-19-5-3-2-4-10-25(19)20/h6-9H,2-5,10-16H2,1H3. The molecule has 3 heterocycles. The second-order valence-corrected chi connectivity index (χ2v) is 7.53. The minimum Gasteiger partial charge on any atom is -0.314 e. The summed E-state index contributed by atoms with van der Waals surface area (Å²) >= 11 is 0. The highest BCUT2D eigenvalue weighted by Gasteiger charge is 2.21. The molecule has 25 heavy (non-hydrogen) atoms. The van der Waals surface area contributed by atoms with E-state index in [2.05, 4.69) is 55.8 Å². The van der Waals surface area contributed by atoms with E-state index in [1.165, 1.54) is 42.0 Å². The van der Waals surface area contributed by atoms with E-state index in [-0.39, 0.29) is 0 Å². The average Bonchev–Trinajstić information content (AvgIpc) is 2.85. The van der Waals surface area contributed by atoms with Crippen molar-refractivity contribution in [1.29, 1.82) is 0 Å². The summed E-state index contributed by atoms with van der Waals surface area (Å²) in [6, 6.07) is 8.94. The van der Waals surface area contributed by atoms with Gasteiger partial charge >= 0.3 is 0 Å². The SMILES string of the molecule is Cc1ccc(CN2CCN(Cc3nnc4n3CCCCC4)CC2)cc1. The third-order valence-electron chi connectivity index (χ3n) is 5.54. The number of hydrogen-bond acceptors (Lipinski definition) is 4. The lowest BCUT2D eigenvalue weighted by atomic mass is 10.1. The van der Waals surface area contributed by atoms with E-state index in [0.717, 1.165) is 52.2 Å². The molecule has 0 radical (unpaired) electrons. The van der Waals surface area contributed by atoms with Crippen molar-refractivity contribution in [3.8, 4) is 0 Å². The van der Waals surface area contributed by atoms with Crippen molar-refractivity contribution in [2.45, 2.75) is 52.2 Å². The Labute approximate surface area is 150 Å². The quantitative estimate of drug-likeness (QED) is 0.858. The minimum atomic E-state index is 0.950. The molecular weight excluding hydrogens is 310 g/mol. The maximum atomic E-state index is 4.49. The summed E-state index contributed by atoms with van der Waals surface area (Å²) in [5.74, 6) is 2.37. The van der Waals surface area contributed by atoms with Crippen LogP contribution in [0.2, 0.25) is 0 Å². The maximum absolute atomic E-state index is 4.49. The molecule has 0 unspecified atom stereocenters. The highest BCUT2D eigenvalue weighted by Crippen LogP contribution is 2.17. The molecule has 0 saturated carbocycles. The fourth-order valence-electron chi connectivity index (χ4n) is 3.92. The van der Waals surface area contributed by atoms with Crippen LogP contribution in [0.25, 0.3) is 0 Å². The molecule has 0 amide bonds. The van der Waals surface area contributed by atoms with Crippen LogP contribution in [-0.2, 0) is 26.1 Å². The second-order valence-electron chi connectivity index (χ2n) is 7.53. The summed E-state index contributed by atoms with van der Waals surface area (Å²) in [5.41, 5.74) is 2.75. The fraction of sp³-hybridized carbons (Fsp3) is 0.600. The predicted octanol–water partition coefficient (Wildman–Crippen LogP) is 2.63. The molecule has 2 aromatic rings. The highest BCUT2D eigenvalue weighted by atomic mass is 15.3. The molecule has 1 fully saturated rings. The number of piperazine rings is 1. The minimum absolute atomic E-state index is 0.950. The lowest BCUT2D eigenvalue weighted by Crippen LogP contribution is -2.45. The van der Waals surface area contributed by atoms with Crippen LogP contribution in [0.3, 0.4) is 0 Å². The molecule has 0 bridgehead atoms. The van der Waals surface area contributed by atoms with Gasteiger partial charge in [-0.3, -0.25) is 9.80 Å². The summed E-state index contributed by atoms with van der Waals surface area (Å²) in [4.78, 5) is 5.10. The van der Waals surface area contributed by atoms with Crippen molar-refractivity contribution < 1.29 is 0 Å². The molecule has 5 nitrogen and oxygen atoms in total. The van der Waals surface area contributed by atoms with Crippen molar-refractivity contribution in [3.05, 3.63) is 47.0 Å². The number of rotatable bonds is 4. The van der Waals surface area contributed by atoms with Crippen LogP contribution in [0.4, 0.5) is 0 Å². The Kier molecular flexibility index (Phi) is 5.13. The summed E-state index contributed by atoms with van der Waals surface area (Å²) < 4.78 is 2.38. The van der Waals surface area contributed by atoms with Gasteiger partial charge in [-0.25, -0.2) is 0 Å². The van der Waals surface area contributed by atoms with E-state index in [1.807, 2.05) is 0 Å². The Hall–Kier alpha value is -1.72. The topological polar surface area (TPSA) is 37.2 Å². The molecule has 1 aromatic heterocycles. The van der Waals surface area contributed by atoms with E-state index in [1.54, 1.807) is 0 Å². The van der Waals surface area contributed by atoms with Gasteiger partial charge in [-0.05, 0) is 25.3 Å². The molecule has 0 atom stereocenters. The lowest BCUT2D eigenvalue weighted by molar-refractivity contribution is 0.118. The summed E-state index contributed by atoms with van der Waals surface area (Å²) in [5, 5.41) is 8.92. The zero-order chi connectivity index (χ0) is 17.1. The predicted molar refractivity (Wildman–Crippen MR) is 99.3 cm³/mol. The Bertz CT molecular complexity index is 683. The van der Waals surface area contributed by atoms with Crippen LogP contribution < -0.4 is 0 Å². The van der Waals surface area contributed by atoms with Crippen molar-refractivity contribution in [2.24, 2.45) is 0 Å². The summed E-state index contributed by atoms with van der Waals surface area (Å²) in [6.07, 6.45) is 4.94. The van der Waals surface area contributed by atoms with Gasteiger partial charge in [0, 0.05) is 45.7 Å². The first-order valence-corrected chi connectivity index (χ1v) is 9.69. The molecule has 2 aliphatic heterocycles. The zero-order valence-corrected chi connectivity index (χ0v) is 15.3. The highest BCUT2D eigenvalue weighted by molar-refractivity contribution is 5.21. The lowest BCUT2D eigenvalue weighted by Gasteiger charge is -2.34. The number of aromatic nitrogens is 3. The van der Waals surface area contributed by atoms with E-state index >= 15 is 0 Å². The van der Waals surface area contributed by atoms with Crippen LogP contribution in [0.1, 0.15) is 42.0 Å². The van der Waals surface area contributed by atoms with Gasteiger partial charge in [-0.2, -0.15) is 0 Å². The Balaban J connectivity index is 1.30. The van der Waals surface area contributed by atoms with Crippen molar-refractivity contribution in [2.75, 3.05) is 26.2 Å². The average molecular weight is 339 g/mol. The van der Waals surface area contributed by atoms with Gasteiger partial charge in [0.15, 0.2) is 0 Å². The number of nitrogens with zero attached hydrogens (tertiary/aromatic N) is 5. The Morgan fingerprint density at radius 1 is 0.800 bits per heavy atom. The van der Waals surface area contributed by atoms with Crippen LogP contribution in [-0.4, -0.2) is 50.7 Å². The van der Waals surface area contributed by atoms with Crippen LogP contribution in [0, 0.1) is 6.92 Å². The van der Waals surface area contributed by atoms with Gasteiger partial charge in [0.25, 0.3) is 0 Å². The summed E-state index contributed by atoms with van der Waals surface area (Å²) in [7, 11) is 0. The van der Waals surface area contributed by atoms with E-state index in [9.17, 15) is 0 Å². The Morgan fingerprint density at radius 3 is 2.28 bits per heavy atom. The van der Waals surface area contributed by atoms with Gasteiger partial charge in [0.1, 0.15) is 11.6 Å². The second kappa shape index (κ2) is 7.67.